The Morgan fingerprint density at radius 2 is 1.05 bits per heavy atom. The van der Waals surface area contributed by atoms with Gasteiger partial charge in [-0.3, -0.25) is 9.59 Å². The van der Waals surface area contributed by atoms with Gasteiger partial charge in [0.05, 0.1) is 0 Å². The Bertz CT molecular complexity index is 1040. The van der Waals surface area contributed by atoms with Crippen molar-refractivity contribution in [1.82, 2.24) is 10.6 Å². The van der Waals surface area contributed by atoms with E-state index in [1.165, 1.54) is 43.2 Å². The summed E-state index contributed by atoms with van der Waals surface area (Å²) in [6.07, 6.45) is 8.19. The van der Waals surface area contributed by atoms with Crippen molar-refractivity contribution in [2.75, 3.05) is 0 Å². The number of rotatable bonds is 6. The number of carbonyl (C=O) groups is 2. The SMILES string of the molecule is Cc1ccc(C(=O)NC2CCC(CC3CCC(NC(=O)c4ccc(C)c(C)c4)C(C)C3)CC2C)cc1C. The van der Waals surface area contributed by atoms with Crippen LogP contribution in [0.4, 0.5) is 0 Å². The number of hydrogen-bond donors (Lipinski definition) is 2. The monoisotopic (exact) mass is 502 g/mol. The van der Waals surface area contributed by atoms with Gasteiger partial charge in [0.25, 0.3) is 11.8 Å². The highest BCUT2D eigenvalue weighted by atomic mass is 16.2. The highest BCUT2D eigenvalue weighted by Gasteiger charge is 2.34. The summed E-state index contributed by atoms with van der Waals surface area (Å²) in [5.41, 5.74) is 6.31. The lowest BCUT2D eigenvalue weighted by molar-refractivity contribution is 0.0869. The quantitative estimate of drug-likeness (QED) is 0.443. The molecule has 0 heterocycles. The van der Waals surface area contributed by atoms with Crippen LogP contribution >= 0.6 is 0 Å². The van der Waals surface area contributed by atoms with Gasteiger partial charge in [0.2, 0.25) is 0 Å². The maximum atomic E-state index is 12.8. The molecular formula is C33H46N2O2. The number of carbonyl (C=O) groups excluding carboxylic acids is 2. The van der Waals surface area contributed by atoms with E-state index in [2.05, 4.69) is 52.2 Å². The van der Waals surface area contributed by atoms with Crippen LogP contribution in [0.25, 0.3) is 0 Å². The second-order valence-corrected chi connectivity index (χ2v) is 12.3. The zero-order valence-corrected chi connectivity index (χ0v) is 23.7. The summed E-state index contributed by atoms with van der Waals surface area (Å²) >= 11 is 0. The lowest BCUT2D eigenvalue weighted by atomic mass is 9.70. The first kappa shape index (κ1) is 27.4. The number of hydrogen-bond acceptors (Lipinski definition) is 2. The lowest BCUT2D eigenvalue weighted by Gasteiger charge is -2.39. The van der Waals surface area contributed by atoms with Crippen LogP contribution in [0.3, 0.4) is 0 Å². The summed E-state index contributed by atoms with van der Waals surface area (Å²) in [6.45, 7) is 12.9. The van der Waals surface area contributed by atoms with Gasteiger partial charge in [-0.25, -0.2) is 0 Å². The highest BCUT2D eigenvalue weighted by molar-refractivity contribution is 5.95. The van der Waals surface area contributed by atoms with Gasteiger partial charge >= 0.3 is 0 Å². The first-order chi connectivity index (χ1) is 17.6. The number of aryl methyl sites for hydroxylation is 4. The number of amides is 2. The molecule has 2 aliphatic rings. The zero-order valence-electron chi connectivity index (χ0n) is 23.7. The van der Waals surface area contributed by atoms with E-state index < -0.39 is 0 Å². The molecule has 2 saturated carbocycles. The van der Waals surface area contributed by atoms with Gasteiger partial charge < -0.3 is 10.6 Å². The van der Waals surface area contributed by atoms with E-state index in [1.54, 1.807) is 0 Å². The van der Waals surface area contributed by atoms with Crippen LogP contribution in [0.5, 0.6) is 0 Å². The van der Waals surface area contributed by atoms with Crippen molar-refractivity contribution in [2.45, 2.75) is 98.6 Å². The van der Waals surface area contributed by atoms with Gasteiger partial charge in [-0.15, -0.1) is 0 Å². The molecule has 4 nitrogen and oxygen atoms in total. The largest absolute Gasteiger partial charge is 0.349 e. The minimum absolute atomic E-state index is 0.0633. The van der Waals surface area contributed by atoms with Crippen molar-refractivity contribution in [3.63, 3.8) is 0 Å². The second-order valence-electron chi connectivity index (χ2n) is 12.3. The van der Waals surface area contributed by atoms with Crippen molar-refractivity contribution >= 4 is 11.8 Å². The molecule has 2 N–H and O–H groups in total. The van der Waals surface area contributed by atoms with Crippen LogP contribution in [-0.2, 0) is 0 Å². The molecule has 2 aromatic carbocycles. The average molecular weight is 503 g/mol. The molecule has 0 bridgehead atoms. The fourth-order valence-electron chi connectivity index (χ4n) is 6.61. The topological polar surface area (TPSA) is 58.2 Å². The molecule has 0 radical (unpaired) electrons. The predicted molar refractivity (Wildman–Crippen MR) is 152 cm³/mol. The fraction of sp³-hybridized carbons (Fsp3) is 0.576. The zero-order chi connectivity index (χ0) is 26.7. The van der Waals surface area contributed by atoms with E-state index in [0.717, 1.165) is 46.9 Å². The Balaban J connectivity index is 1.23. The molecule has 6 atom stereocenters. The van der Waals surface area contributed by atoms with Gasteiger partial charge in [0, 0.05) is 23.2 Å². The van der Waals surface area contributed by atoms with Crippen molar-refractivity contribution in [1.29, 1.82) is 0 Å². The third-order valence-corrected chi connectivity index (χ3v) is 9.39. The summed E-state index contributed by atoms with van der Waals surface area (Å²) in [6, 6.07) is 12.5. The molecule has 0 aromatic heterocycles. The van der Waals surface area contributed by atoms with Crippen LogP contribution in [-0.4, -0.2) is 23.9 Å². The molecule has 4 rings (SSSR count). The van der Waals surface area contributed by atoms with Crippen LogP contribution in [0.2, 0.25) is 0 Å². The normalized spacial score (nSPS) is 27.9. The molecule has 4 heteroatoms. The Labute approximate surface area is 224 Å². The van der Waals surface area contributed by atoms with Crippen molar-refractivity contribution < 1.29 is 9.59 Å². The predicted octanol–water partition coefficient (Wildman–Crippen LogP) is 7.08. The van der Waals surface area contributed by atoms with Gasteiger partial charge in [-0.05, 0) is 143 Å². The van der Waals surface area contributed by atoms with E-state index in [4.69, 9.17) is 0 Å². The number of nitrogens with one attached hydrogen (secondary N) is 2. The van der Waals surface area contributed by atoms with Crippen LogP contribution in [0.1, 0.15) is 102 Å². The third-order valence-electron chi connectivity index (χ3n) is 9.39. The van der Waals surface area contributed by atoms with E-state index >= 15 is 0 Å². The molecular weight excluding hydrogens is 456 g/mol. The summed E-state index contributed by atoms with van der Waals surface area (Å²) in [7, 11) is 0. The molecule has 6 unspecified atom stereocenters. The molecule has 0 spiro atoms. The van der Waals surface area contributed by atoms with Crippen molar-refractivity contribution in [2.24, 2.45) is 23.7 Å². The standard InChI is InChI=1S/C33H46N2O2/c1-20-7-11-28(17-22(20)3)32(36)34-30-13-9-26(15-24(30)5)19-27-10-14-31(25(6)16-27)35-33(37)29-12-8-21(2)23(4)18-29/h7-8,11-12,17-18,24-27,30-31H,9-10,13-16,19H2,1-6H3,(H,34,36)(H,35,37). The van der Waals surface area contributed by atoms with Gasteiger partial charge in [-0.2, -0.15) is 0 Å². The Morgan fingerprint density at radius 1 is 0.649 bits per heavy atom. The molecule has 200 valence electrons. The molecule has 0 saturated heterocycles. The fourth-order valence-corrected chi connectivity index (χ4v) is 6.61. The number of benzene rings is 2. The third kappa shape index (κ3) is 6.83. The second kappa shape index (κ2) is 11.8. The summed E-state index contributed by atoms with van der Waals surface area (Å²) < 4.78 is 0. The van der Waals surface area contributed by atoms with Gasteiger partial charge in [0.15, 0.2) is 0 Å². The van der Waals surface area contributed by atoms with Crippen LogP contribution in [0.15, 0.2) is 36.4 Å². The van der Waals surface area contributed by atoms with Crippen LogP contribution in [0, 0.1) is 51.4 Å². The molecule has 0 aliphatic heterocycles. The highest BCUT2D eigenvalue weighted by Crippen LogP contribution is 2.39. The van der Waals surface area contributed by atoms with E-state index in [0.29, 0.717) is 11.8 Å². The van der Waals surface area contributed by atoms with E-state index in [9.17, 15) is 9.59 Å². The minimum Gasteiger partial charge on any atom is -0.349 e. The lowest BCUT2D eigenvalue weighted by Crippen LogP contribution is -2.44. The maximum absolute atomic E-state index is 12.8. The maximum Gasteiger partial charge on any atom is 0.251 e. The Hall–Kier alpha value is -2.62. The Kier molecular flexibility index (Phi) is 8.77. The molecule has 2 amide bonds. The molecule has 37 heavy (non-hydrogen) atoms. The summed E-state index contributed by atoms with van der Waals surface area (Å²) in [4.78, 5) is 25.7. The summed E-state index contributed by atoms with van der Waals surface area (Å²) in [5, 5.41) is 6.66. The molecule has 2 aromatic rings. The van der Waals surface area contributed by atoms with Gasteiger partial charge in [-0.1, -0.05) is 26.0 Å². The van der Waals surface area contributed by atoms with Crippen molar-refractivity contribution in [3.8, 4) is 0 Å². The minimum atomic E-state index is 0.0633. The van der Waals surface area contributed by atoms with Crippen LogP contribution < -0.4 is 10.6 Å². The molecule has 2 fully saturated rings. The average Bonchev–Trinajstić information content (AvgIpc) is 2.85. The first-order valence-electron chi connectivity index (χ1n) is 14.4. The van der Waals surface area contributed by atoms with E-state index in [-0.39, 0.29) is 23.9 Å². The van der Waals surface area contributed by atoms with E-state index in [1.807, 2.05) is 36.4 Å². The smallest absolute Gasteiger partial charge is 0.251 e. The van der Waals surface area contributed by atoms with Gasteiger partial charge in [0.1, 0.15) is 0 Å². The first-order valence-corrected chi connectivity index (χ1v) is 14.4. The summed E-state index contributed by atoms with van der Waals surface area (Å²) in [5.74, 6) is 2.61. The van der Waals surface area contributed by atoms with Crippen molar-refractivity contribution in [3.05, 3.63) is 69.8 Å². The molecule has 2 aliphatic carbocycles. The Morgan fingerprint density at radius 3 is 1.41 bits per heavy atom.